The molecule has 0 aliphatic carbocycles. The molecule has 1 fully saturated rings. The van der Waals surface area contributed by atoms with Crippen LogP contribution in [0.3, 0.4) is 0 Å². The lowest BCUT2D eigenvalue weighted by Crippen LogP contribution is -2.52. The molecule has 0 amide bonds. The van der Waals surface area contributed by atoms with Gasteiger partial charge in [0.2, 0.25) is 10.0 Å². The molecule has 1 aromatic carbocycles. The standard InChI is InChI=1S/C13H19FN2O2S/c1-10-13(6-3-7-15-10)16-19(17,18)9-11-4-2-5-12(14)8-11/h2,4-5,8,10,13,15-16H,3,6-7,9H2,1H3. The fraction of sp³-hybridized carbons (Fsp3) is 0.538. The van der Waals surface area contributed by atoms with Crippen LogP contribution >= 0.6 is 0 Å². The van der Waals surface area contributed by atoms with Gasteiger partial charge in [-0.25, -0.2) is 17.5 Å². The van der Waals surface area contributed by atoms with Crippen LogP contribution in [0.4, 0.5) is 4.39 Å². The molecule has 2 N–H and O–H groups in total. The van der Waals surface area contributed by atoms with Gasteiger partial charge in [0.15, 0.2) is 0 Å². The largest absolute Gasteiger partial charge is 0.313 e. The maximum absolute atomic E-state index is 13.0. The van der Waals surface area contributed by atoms with Crippen molar-refractivity contribution < 1.29 is 12.8 Å². The number of sulfonamides is 1. The summed E-state index contributed by atoms with van der Waals surface area (Å²) in [5.41, 5.74) is 0.462. The Kier molecular flexibility index (Phi) is 4.54. The second-order valence-corrected chi connectivity index (χ2v) is 6.75. The van der Waals surface area contributed by atoms with Gasteiger partial charge in [-0.05, 0) is 44.0 Å². The molecule has 106 valence electrons. The van der Waals surface area contributed by atoms with Crippen molar-refractivity contribution in [1.82, 2.24) is 10.0 Å². The fourth-order valence-electron chi connectivity index (χ4n) is 2.32. The molecule has 4 nitrogen and oxygen atoms in total. The van der Waals surface area contributed by atoms with Gasteiger partial charge in [-0.3, -0.25) is 0 Å². The Morgan fingerprint density at radius 2 is 2.26 bits per heavy atom. The lowest BCUT2D eigenvalue weighted by Gasteiger charge is -2.30. The molecular weight excluding hydrogens is 267 g/mol. The lowest BCUT2D eigenvalue weighted by molar-refractivity contribution is 0.348. The van der Waals surface area contributed by atoms with E-state index in [2.05, 4.69) is 10.0 Å². The first-order valence-electron chi connectivity index (χ1n) is 6.44. The first kappa shape index (κ1) is 14.4. The maximum Gasteiger partial charge on any atom is 0.216 e. The van der Waals surface area contributed by atoms with Crippen LogP contribution in [-0.2, 0) is 15.8 Å². The first-order valence-corrected chi connectivity index (χ1v) is 8.09. The zero-order valence-electron chi connectivity index (χ0n) is 10.9. The molecule has 1 aliphatic heterocycles. The van der Waals surface area contributed by atoms with E-state index in [4.69, 9.17) is 0 Å². The summed E-state index contributed by atoms with van der Waals surface area (Å²) >= 11 is 0. The van der Waals surface area contributed by atoms with Crippen LogP contribution in [0.25, 0.3) is 0 Å². The van der Waals surface area contributed by atoms with E-state index in [1.807, 2.05) is 6.92 Å². The van der Waals surface area contributed by atoms with E-state index >= 15 is 0 Å². The normalized spacial score (nSPS) is 24.3. The third kappa shape index (κ3) is 4.26. The predicted octanol–water partition coefficient (Wildman–Crippen LogP) is 1.39. The zero-order chi connectivity index (χ0) is 13.9. The van der Waals surface area contributed by atoms with Crippen LogP contribution in [0.1, 0.15) is 25.3 Å². The molecular formula is C13H19FN2O2S. The van der Waals surface area contributed by atoms with E-state index in [1.54, 1.807) is 6.07 Å². The summed E-state index contributed by atoms with van der Waals surface area (Å²) < 4.78 is 39.9. The number of nitrogens with one attached hydrogen (secondary N) is 2. The Morgan fingerprint density at radius 1 is 1.47 bits per heavy atom. The third-order valence-electron chi connectivity index (χ3n) is 3.34. The molecule has 1 aromatic rings. The minimum Gasteiger partial charge on any atom is -0.313 e. The van der Waals surface area contributed by atoms with Crippen molar-refractivity contribution in [3.8, 4) is 0 Å². The van der Waals surface area contributed by atoms with E-state index in [0.717, 1.165) is 19.4 Å². The fourth-order valence-corrected chi connectivity index (χ4v) is 3.81. The average molecular weight is 286 g/mol. The molecule has 0 bridgehead atoms. The average Bonchev–Trinajstić information content (AvgIpc) is 2.31. The Labute approximate surface area is 113 Å². The summed E-state index contributed by atoms with van der Waals surface area (Å²) in [5, 5.41) is 3.24. The van der Waals surface area contributed by atoms with Crippen molar-refractivity contribution in [3.63, 3.8) is 0 Å². The van der Waals surface area contributed by atoms with Crippen LogP contribution < -0.4 is 10.0 Å². The Bertz CT molecular complexity index is 533. The van der Waals surface area contributed by atoms with E-state index in [1.165, 1.54) is 18.2 Å². The molecule has 0 spiro atoms. The number of piperidine rings is 1. The van der Waals surface area contributed by atoms with Crippen LogP contribution in [0.15, 0.2) is 24.3 Å². The summed E-state index contributed by atoms with van der Waals surface area (Å²) in [7, 11) is -3.44. The summed E-state index contributed by atoms with van der Waals surface area (Å²) in [6.07, 6.45) is 1.79. The quantitative estimate of drug-likeness (QED) is 0.879. The SMILES string of the molecule is CC1NCCCC1NS(=O)(=O)Cc1cccc(F)c1. The third-order valence-corrected chi connectivity index (χ3v) is 4.71. The highest BCUT2D eigenvalue weighted by atomic mass is 32.2. The molecule has 2 unspecified atom stereocenters. The highest BCUT2D eigenvalue weighted by molar-refractivity contribution is 7.88. The number of rotatable bonds is 4. The second kappa shape index (κ2) is 5.98. The number of hydrogen-bond acceptors (Lipinski definition) is 3. The van der Waals surface area contributed by atoms with Crippen LogP contribution in [0, 0.1) is 5.82 Å². The van der Waals surface area contributed by atoms with Crippen LogP contribution in [-0.4, -0.2) is 27.0 Å². The molecule has 2 rings (SSSR count). The van der Waals surface area contributed by atoms with E-state index in [9.17, 15) is 12.8 Å². The van der Waals surface area contributed by atoms with E-state index in [-0.39, 0.29) is 17.8 Å². The molecule has 6 heteroatoms. The molecule has 0 aromatic heterocycles. The zero-order valence-corrected chi connectivity index (χ0v) is 11.7. The molecule has 1 heterocycles. The summed E-state index contributed by atoms with van der Waals surface area (Å²) in [6.45, 7) is 2.89. The Hall–Kier alpha value is -0.980. The Morgan fingerprint density at radius 3 is 2.95 bits per heavy atom. The van der Waals surface area contributed by atoms with Gasteiger partial charge in [-0.2, -0.15) is 0 Å². The minimum atomic E-state index is -3.44. The summed E-state index contributed by atoms with van der Waals surface area (Å²) in [5.74, 6) is -0.603. The number of hydrogen-bond donors (Lipinski definition) is 2. The van der Waals surface area contributed by atoms with Gasteiger partial charge >= 0.3 is 0 Å². The summed E-state index contributed by atoms with van der Waals surface area (Å²) in [4.78, 5) is 0. The van der Waals surface area contributed by atoms with Crippen molar-refractivity contribution in [3.05, 3.63) is 35.6 Å². The first-order chi connectivity index (χ1) is 8.96. The number of halogens is 1. The smallest absolute Gasteiger partial charge is 0.216 e. The molecule has 0 radical (unpaired) electrons. The van der Waals surface area contributed by atoms with Gasteiger partial charge in [-0.1, -0.05) is 12.1 Å². The van der Waals surface area contributed by atoms with Crippen molar-refractivity contribution in [2.45, 2.75) is 37.6 Å². The lowest BCUT2D eigenvalue weighted by atomic mass is 10.0. The van der Waals surface area contributed by atoms with Crippen molar-refractivity contribution in [1.29, 1.82) is 0 Å². The molecule has 2 atom stereocenters. The van der Waals surface area contributed by atoms with Gasteiger partial charge in [0.25, 0.3) is 0 Å². The van der Waals surface area contributed by atoms with Crippen LogP contribution in [0.2, 0.25) is 0 Å². The van der Waals surface area contributed by atoms with Crippen molar-refractivity contribution in [2.75, 3.05) is 6.54 Å². The van der Waals surface area contributed by atoms with Crippen LogP contribution in [0.5, 0.6) is 0 Å². The van der Waals surface area contributed by atoms with Crippen molar-refractivity contribution >= 4 is 10.0 Å². The molecule has 1 aliphatic rings. The highest BCUT2D eigenvalue weighted by Gasteiger charge is 2.25. The highest BCUT2D eigenvalue weighted by Crippen LogP contribution is 2.12. The van der Waals surface area contributed by atoms with Gasteiger partial charge in [-0.15, -0.1) is 0 Å². The van der Waals surface area contributed by atoms with Gasteiger partial charge < -0.3 is 5.32 Å². The Balaban J connectivity index is 2.02. The number of benzene rings is 1. The minimum absolute atomic E-state index is 0.0905. The molecule has 1 saturated heterocycles. The van der Waals surface area contributed by atoms with Gasteiger partial charge in [0.05, 0.1) is 5.75 Å². The van der Waals surface area contributed by atoms with Gasteiger partial charge in [0.1, 0.15) is 5.82 Å². The van der Waals surface area contributed by atoms with Crippen molar-refractivity contribution in [2.24, 2.45) is 0 Å². The maximum atomic E-state index is 13.0. The van der Waals surface area contributed by atoms with E-state index in [0.29, 0.717) is 5.56 Å². The predicted molar refractivity (Wildman–Crippen MR) is 72.6 cm³/mol. The molecule has 19 heavy (non-hydrogen) atoms. The second-order valence-electron chi connectivity index (χ2n) is 5.00. The van der Waals surface area contributed by atoms with Gasteiger partial charge in [0, 0.05) is 12.1 Å². The molecule has 0 saturated carbocycles. The summed E-state index contributed by atoms with van der Waals surface area (Å²) in [6, 6.07) is 5.72. The monoisotopic (exact) mass is 286 g/mol. The van der Waals surface area contributed by atoms with E-state index < -0.39 is 15.8 Å². The topological polar surface area (TPSA) is 58.2 Å².